The van der Waals surface area contributed by atoms with Crippen molar-refractivity contribution in [2.45, 2.75) is 58.7 Å². The van der Waals surface area contributed by atoms with Crippen molar-refractivity contribution in [3.63, 3.8) is 0 Å². The molecule has 6 nitrogen and oxygen atoms in total. The molecule has 3 amide bonds. The second kappa shape index (κ2) is 8.28. The topological polar surface area (TPSA) is 79.5 Å². The minimum atomic E-state index is -1.47. The number of carbonyl (C=O) groups excluding carboxylic acids is 2. The molecule has 2 atom stereocenters. The second-order valence-electron chi connectivity index (χ2n) is 5.59. The Morgan fingerprint density at radius 2 is 1.86 bits per heavy atom. The van der Waals surface area contributed by atoms with Gasteiger partial charge >= 0.3 is 12.1 Å². The van der Waals surface area contributed by atoms with Crippen LogP contribution < -0.4 is 15.4 Å². The first-order chi connectivity index (χ1) is 9.70. The summed E-state index contributed by atoms with van der Waals surface area (Å²) in [5.74, 6) is 0. The van der Waals surface area contributed by atoms with Crippen LogP contribution in [-0.2, 0) is 22.9 Å². The molecule has 0 saturated heterocycles. The Morgan fingerprint density at radius 1 is 1.24 bits per heavy atom. The summed E-state index contributed by atoms with van der Waals surface area (Å²) in [6.07, 6.45) is 0.888. The molecule has 2 unspecified atom stereocenters. The first kappa shape index (κ1) is 18.6. The fraction of sp³-hybridized carbons (Fsp3) is 0.833. The Balaban J connectivity index is 2.16. The fourth-order valence-electron chi connectivity index (χ4n) is 1.63. The lowest BCUT2D eigenvalue weighted by Crippen LogP contribution is -2.43. The highest BCUT2D eigenvalue weighted by Gasteiger charge is 2.21. The number of rotatable bonds is 7. The summed E-state index contributed by atoms with van der Waals surface area (Å²) in [4.78, 5) is 23.1. The molecule has 126 valence electrons. The third-order valence-corrected chi connectivity index (χ3v) is 9.48. The number of urea groups is 1. The van der Waals surface area contributed by atoms with Gasteiger partial charge in [-0.2, -0.15) is 10.3 Å². The molecule has 0 saturated carbocycles. The zero-order valence-electron chi connectivity index (χ0n) is 12.9. The van der Waals surface area contributed by atoms with Crippen molar-refractivity contribution in [3.8, 4) is 0 Å². The minimum Gasteiger partial charge on any atom is -0.446 e. The van der Waals surface area contributed by atoms with E-state index in [-0.39, 0.29) is 30.3 Å². The Morgan fingerprint density at radius 3 is 2.38 bits per heavy atom. The maximum Gasteiger partial charge on any atom is 0.416 e. The molecule has 1 aliphatic rings. The van der Waals surface area contributed by atoms with Gasteiger partial charge in [-0.3, -0.25) is 4.72 Å². The Labute approximate surface area is 135 Å². The van der Waals surface area contributed by atoms with Crippen molar-refractivity contribution in [2.24, 2.45) is 0 Å². The van der Waals surface area contributed by atoms with Crippen molar-refractivity contribution in [1.82, 2.24) is 15.4 Å². The lowest BCUT2D eigenvalue weighted by atomic mass is 10.1. The lowest BCUT2D eigenvalue weighted by molar-refractivity contribution is 0.105. The molecule has 0 aliphatic carbocycles. The number of hydrogen-bond acceptors (Lipinski definition) is 3. The Hall–Kier alpha value is -0.410. The van der Waals surface area contributed by atoms with Crippen LogP contribution in [0.3, 0.4) is 0 Å². The van der Waals surface area contributed by atoms with Crippen molar-refractivity contribution in [2.75, 3.05) is 5.08 Å². The van der Waals surface area contributed by atoms with E-state index < -0.39 is 7.81 Å². The minimum absolute atomic E-state index is 0.0310. The van der Waals surface area contributed by atoms with E-state index in [0.717, 1.165) is 11.5 Å². The summed E-state index contributed by atoms with van der Waals surface area (Å²) in [5.41, 5.74) is 0. The molecular formula is C12H27N3O3S3. The predicted octanol–water partition coefficient (Wildman–Crippen LogP) is 1.32. The predicted molar refractivity (Wildman–Crippen MR) is 96.0 cm³/mol. The monoisotopic (exact) mass is 357 g/mol. The van der Waals surface area contributed by atoms with Gasteiger partial charge in [0, 0.05) is 17.2 Å². The molecule has 0 radical (unpaired) electrons. The average Bonchev–Trinajstić information content (AvgIpc) is 3.02. The fourth-order valence-corrected chi connectivity index (χ4v) is 6.11. The molecule has 0 aromatic rings. The van der Waals surface area contributed by atoms with Gasteiger partial charge in [-0.1, -0.05) is 0 Å². The summed E-state index contributed by atoms with van der Waals surface area (Å²) < 4.78 is 8.11. The van der Waals surface area contributed by atoms with Crippen LogP contribution in [0.25, 0.3) is 0 Å². The standard InChI is InChI=1S/C12H27N3O3S3/c1-8(2)13-11(16)14-9(3)5-6-10(4)18-12(17)15-21(19)7-20-21/h8-10,19-21H,5-7H2,1-4H3,(H,15,17)(H2,13,14,16). The van der Waals surface area contributed by atoms with Crippen LogP contribution in [0.4, 0.5) is 9.59 Å². The van der Waals surface area contributed by atoms with Gasteiger partial charge in [-0.05, 0) is 40.5 Å². The summed E-state index contributed by atoms with van der Waals surface area (Å²) >= 11 is 4.41. The molecule has 1 rings (SSSR count). The summed E-state index contributed by atoms with van der Waals surface area (Å²) in [5, 5.41) is 6.59. The number of ether oxygens (including phenoxy) is 1. The first-order valence-corrected chi connectivity index (χ1v) is 12.0. The highest BCUT2D eigenvalue weighted by molar-refractivity contribution is 8.95. The largest absolute Gasteiger partial charge is 0.446 e. The smallest absolute Gasteiger partial charge is 0.416 e. The van der Waals surface area contributed by atoms with Crippen molar-refractivity contribution < 1.29 is 14.3 Å². The molecule has 0 fully saturated rings. The molecule has 21 heavy (non-hydrogen) atoms. The van der Waals surface area contributed by atoms with Gasteiger partial charge in [-0.15, -0.1) is 19.5 Å². The van der Waals surface area contributed by atoms with E-state index in [1.807, 2.05) is 27.7 Å². The second-order valence-corrected chi connectivity index (χ2v) is 14.6. The molecule has 1 heterocycles. The maximum atomic E-state index is 11.6. The summed E-state index contributed by atoms with van der Waals surface area (Å²) in [6.45, 7) is 7.61. The maximum absolute atomic E-state index is 11.6. The van der Waals surface area contributed by atoms with Gasteiger partial charge in [0.05, 0.1) is 0 Å². The summed E-state index contributed by atoms with van der Waals surface area (Å²) in [7, 11) is -0.256. The highest BCUT2D eigenvalue weighted by Crippen LogP contribution is 2.21. The first-order valence-electron chi connectivity index (χ1n) is 7.06. The van der Waals surface area contributed by atoms with Crippen LogP contribution >= 0.6 is 11.7 Å². The molecule has 1 aliphatic heterocycles. The van der Waals surface area contributed by atoms with Crippen LogP contribution in [0.1, 0.15) is 40.5 Å². The average molecular weight is 358 g/mol. The van der Waals surface area contributed by atoms with Crippen LogP contribution in [-0.4, -0.2) is 35.4 Å². The van der Waals surface area contributed by atoms with E-state index in [2.05, 4.69) is 27.0 Å². The van der Waals surface area contributed by atoms with E-state index in [0.29, 0.717) is 6.42 Å². The van der Waals surface area contributed by atoms with Gasteiger partial charge in [0.15, 0.2) is 0 Å². The molecule has 0 spiro atoms. The van der Waals surface area contributed by atoms with Gasteiger partial charge < -0.3 is 15.4 Å². The van der Waals surface area contributed by atoms with Crippen LogP contribution in [0, 0.1) is 0 Å². The third kappa shape index (κ3) is 8.57. The molecule has 9 heteroatoms. The lowest BCUT2D eigenvalue weighted by Gasteiger charge is -2.19. The number of hydrogen-bond donors (Lipinski definition) is 6. The zero-order chi connectivity index (χ0) is 16.0. The Bertz CT molecular complexity index is 443. The quantitative estimate of drug-likeness (QED) is 0.307. The number of amides is 3. The number of carbonyl (C=O) groups is 2. The van der Waals surface area contributed by atoms with E-state index in [9.17, 15) is 9.59 Å². The molecule has 0 bridgehead atoms. The molecular weight excluding hydrogens is 330 g/mol. The normalized spacial score (nSPS) is 20.1. The molecule has 3 N–H and O–H groups in total. The molecule has 0 aromatic carbocycles. The zero-order valence-corrected chi connectivity index (χ0v) is 15.6. The van der Waals surface area contributed by atoms with Crippen molar-refractivity contribution in [3.05, 3.63) is 0 Å². The van der Waals surface area contributed by atoms with Gasteiger partial charge in [-0.25, -0.2) is 9.59 Å². The SMILES string of the molecule is CC(C)NC(=O)NC(C)CCC(C)OC(=O)N[SH]1(S)=[SH]C1. The molecule has 0 aromatic heterocycles. The third-order valence-electron chi connectivity index (χ3n) is 2.79. The van der Waals surface area contributed by atoms with Crippen molar-refractivity contribution >= 4 is 41.9 Å². The van der Waals surface area contributed by atoms with E-state index >= 15 is 0 Å². The van der Waals surface area contributed by atoms with E-state index in [1.54, 1.807) is 0 Å². The van der Waals surface area contributed by atoms with Crippen LogP contribution in [0.15, 0.2) is 0 Å². The van der Waals surface area contributed by atoms with Gasteiger partial charge in [0.1, 0.15) is 6.10 Å². The Kier molecular flexibility index (Phi) is 7.35. The van der Waals surface area contributed by atoms with Gasteiger partial charge in [0.25, 0.3) is 0 Å². The number of nitrogens with one attached hydrogen (secondary N) is 3. The number of thiol groups is 3. The van der Waals surface area contributed by atoms with E-state index in [4.69, 9.17) is 4.74 Å². The van der Waals surface area contributed by atoms with Crippen LogP contribution in [0.2, 0.25) is 0 Å². The van der Waals surface area contributed by atoms with Crippen molar-refractivity contribution in [1.29, 1.82) is 0 Å². The highest BCUT2D eigenvalue weighted by atomic mass is 33.4. The van der Waals surface area contributed by atoms with E-state index in [1.165, 1.54) is 10.3 Å². The van der Waals surface area contributed by atoms with Gasteiger partial charge in [0.2, 0.25) is 0 Å². The van der Waals surface area contributed by atoms with Crippen LogP contribution in [0.5, 0.6) is 0 Å². The summed E-state index contributed by atoms with van der Waals surface area (Å²) in [6, 6.07) is -0.0244.